The first-order valence-electron chi connectivity index (χ1n) is 3.70. The lowest BCUT2D eigenvalue weighted by molar-refractivity contribution is 0.102. The van der Waals surface area contributed by atoms with Crippen LogP contribution in [0.3, 0.4) is 0 Å². The minimum absolute atomic E-state index is 0.291. The summed E-state index contributed by atoms with van der Waals surface area (Å²) >= 11 is 1.18. The lowest BCUT2D eigenvalue weighted by Crippen LogP contribution is -2.11. The van der Waals surface area contributed by atoms with E-state index < -0.39 is 0 Å². The molecule has 70 valence electrons. The fraction of sp³-hybridized carbons (Fsp3) is 0. The molecule has 0 spiro atoms. The van der Waals surface area contributed by atoms with Crippen molar-refractivity contribution in [2.75, 3.05) is 5.32 Å². The molecular weight excluding hydrogens is 202 g/mol. The first kappa shape index (κ1) is 8.70. The maximum absolute atomic E-state index is 11.4. The van der Waals surface area contributed by atoms with Crippen molar-refractivity contribution < 1.29 is 4.79 Å². The van der Waals surface area contributed by atoms with Crippen LogP contribution in [0.5, 0.6) is 0 Å². The Hall–Kier alpha value is -1.89. The molecule has 2 aromatic heterocycles. The van der Waals surface area contributed by atoms with Crippen molar-refractivity contribution in [2.45, 2.75) is 0 Å². The molecule has 0 aromatic carbocycles. The fourth-order valence-corrected chi connectivity index (χ4v) is 1.27. The van der Waals surface area contributed by atoms with Gasteiger partial charge in [-0.2, -0.15) is 10.2 Å². The molecule has 0 aliphatic heterocycles. The number of nitrogens with one attached hydrogen (secondary N) is 1. The van der Waals surface area contributed by atoms with Gasteiger partial charge in [0.05, 0.1) is 18.1 Å². The van der Waals surface area contributed by atoms with E-state index in [1.807, 2.05) is 0 Å². The molecule has 0 aliphatic carbocycles. The highest BCUT2D eigenvalue weighted by molar-refractivity contribution is 7.11. The highest BCUT2D eigenvalue weighted by Crippen LogP contribution is 2.07. The highest BCUT2D eigenvalue weighted by atomic mass is 32.1. The summed E-state index contributed by atoms with van der Waals surface area (Å²) in [4.78, 5) is 11.4. The summed E-state index contributed by atoms with van der Waals surface area (Å²) in [6.07, 6.45) is 2.95. The second-order valence-electron chi connectivity index (χ2n) is 2.33. The van der Waals surface area contributed by atoms with Crippen LogP contribution < -0.4 is 5.32 Å². The third kappa shape index (κ3) is 1.88. The zero-order valence-corrected chi connectivity index (χ0v) is 7.73. The second-order valence-corrected chi connectivity index (χ2v) is 3.16. The molecule has 1 amide bonds. The number of aromatic nitrogens is 4. The van der Waals surface area contributed by atoms with Crippen molar-refractivity contribution in [1.82, 2.24) is 20.4 Å². The summed E-state index contributed by atoms with van der Waals surface area (Å²) in [6.45, 7) is 0. The van der Waals surface area contributed by atoms with E-state index in [1.165, 1.54) is 29.2 Å². The lowest BCUT2D eigenvalue weighted by Gasteiger charge is -1.99. The fourth-order valence-electron chi connectivity index (χ4n) is 0.821. The molecule has 0 unspecified atom stereocenters. The smallest absolute Gasteiger partial charge is 0.286 e. The first-order chi connectivity index (χ1) is 6.86. The average Bonchev–Trinajstić information content (AvgIpc) is 2.72. The first-order valence-corrected chi connectivity index (χ1v) is 4.58. The van der Waals surface area contributed by atoms with Gasteiger partial charge in [0.15, 0.2) is 0 Å². The molecule has 0 radical (unpaired) electrons. The van der Waals surface area contributed by atoms with Crippen molar-refractivity contribution in [1.29, 1.82) is 0 Å². The third-order valence-corrected chi connectivity index (χ3v) is 2.09. The van der Waals surface area contributed by atoms with Gasteiger partial charge in [-0.15, -0.1) is 10.2 Å². The minimum Gasteiger partial charge on any atom is -0.318 e. The van der Waals surface area contributed by atoms with Crippen LogP contribution in [-0.2, 0) is 0 Å². The molecule has 0 fully saturated rings. The summed E-state index contributed by atoms with van der Waals surface area (Å²) in [6, 6.07) is 1.64. The average molecular weight is 207 g/mol. The minimum atomic E-state index is -0.291. The van der Waals surface area contributed by atoms with Crippen LogP contribution >= 0.6 is 11.3 Å². The van der Waals surface area contributed by atoms with Gasteiger partial charge >= 0.3 is 0 Å². The van der Waals surface area contributed by atoms with E-state index in [1.54, 1.807) is 6.07 Å². The van der Waals surface area contributed by atoms with E-state index in [-0.39, 0.29) is 5.91 Å². The van der Waals surface area contributed by atoms with Gasteiger partial charge in [-0.05, 0) is 6.07 Å². The number of hydrogen-bond acceptors (Lipinski definition) is 6. The third-order valence-electron chi connectivity index (χ3n) is 1.40. The highest BCUT2D eigenvalue weighted by Gasteiger charge is 2.08. The van der Waals surface area contributed by atoms with Crippen molar-refractivity contribution in [3.63, 3.8) is 0 Å². The summed E-state index contributed by atoms with van der Waals surface area (Å²) in [5.74, 6) is -0.291. The molecule has 6 nitrogen and oxygen atoms in total. The maximum atomic E-state index is 11.4. The number of amides is 1. The van der Waals surface area contributed by atoms with Crippen molar-refractivity contribution in [3.05, 3.63) is 29.0 Å². The molecule has 0 aliphatic rings. The van der Waals surface area contributed by atoms with Gasteiger partial charge in [0.1, 0.15) is 5.51 Å². The van der Waals surface area contributed by atoms with Crippen molar-refractivity contribution in [2.24, 2.45) is 0 Å². The number of hydrogen-bond donors (Lipinski definition) is 1. The van der Waals surface area contributed by atoms with Crippen molar-refractivity contribution in [3.8, 4) is 0 Å². The van der Waals surface area contributed by atoms with Gasteiger partial charge in [-0.25, -0.2) is 0 Å². The Bertz CT molecular complexity index is 415. The van der Waals surface area contributed by atoms with E-state index >= 15 is 0 Å². The van der Waals surface area contributed by atoms with Gasteiger partial charge in [-0.1, -0.05) is 11.3 Å². The van der Waals surface area contributed by atoms with Crippen LogP contribution in [0.4, 0.5) is 5.69 Å². The Morgan fingerprint density at radius 2 is 2.29 bits per heavy atom. The Morgan fingerprint density at radius 1 is 1.36 bits per heavy atom. The molecule has 1 N–H and O–H groups in total. The van der Waals surface area contributed by atoms with E-state index in [0.717, 1.165) is 0 Å². The normalized spacial score (nSPS) is 9.71. The largest absolute Gasteiger partial charge is 0.318 e. The zero-order valence-electron chi connectivity index (χ0n) is 6.91. The molecule has 14 heavy (non-hydrogen) atoms. The van der Waals surface area contributed by atoms with Gasteiger partial charge < -0.3 is 5.32 Å². The van der Waals surface area contributed by atoms with Gasteiger partial charge in [0.2, 0.25) is 5.01 Å². The summed E-state index contributed by atoms with van der Waals surface area (Å²) in [5, 5.41) is 17.3. The van der Waals surface area contributed by atoms with Crippen LogP contribution in [0.15, 0.2) is 24.0 Å². The molecular formula is C7H5N5OS. The van der Waals surface area contributed by atoms with E-state index in [2.05, 4.69) is 25.7 Å². The number of carbonyl (C=O) groups excluding carboxylic acids is 1. The van der Waals surface area contributed by atoms with E-state index in [9.17, 15) is 4.79 Å². The van der Waals surface area contributed by atoms with Crippen molar-refractivity contribution >= 4 is 22.9 Å². The van der Waals surface area contributed by atoms with Gasteiger partial charge in [0, 0.05) is 0 Å². The Morgan fingerprint density at radius 3 is 2.93 bits per heavy atom. The van der Waals surface area contributed by atoms with Gasteiger partial charge in [0.25, 0.3) is 5.91 Å². The Balaban J connectivity index is 2.10. The summed E-state index contributed by atoms with van der Waals surface area (Å²) in [7, 11) is 0. The lowest BCUT2D eigenvalue weighted by atomic mass is 10.4. The number of anilines is 1. The monoisotopic (exact) mass is 207 g/mol. The second kappa shape index (κ2) is 3.88. The molecule has 2 rings (SSSR count). The number of carbonyl (C=O) groups is 1. The molecule has 2 aromatic rings. The van der Waals surface area contributed by atoms with E-state index in [4.69, 9.17) is 0 Å². The van der Waals surface area contributed by atoms with E-state index in [0.29, 0.717) is 10.7 Å². The Kier molecular flexibility index (Phi) is 2.41. The Labute approximate surface area is 83.0 Å². The van der Waals surface area contributed by atoms with Crippen LogP contribution in [0, 0.1) is 0 Å². The standard InChI is InChI=1S/C7H5N5OS/c13-6(7-12-10-4-14-7)11-5-1-2-8-9-3-5/h1-4H,(H,8,11,13). The van der Waals surface area contributed by atoms with Crippen LogP contribution in [0.2, 0.25) is 0 Å². The van der Waals surface area contributed by atoms with Crippen LogP contribution in [-0.4, -0.2) is 26.3 Å². The zero-order chi connectivity index (χ0) is 9.80. The molecule has 0 atom stereocenters. The summed E-state index contributed by atoms with van der Waals surface area (Å²) in [5.41, 5.74) is 2.08. The molecule has 2 heterocycles. The topological polar surface area (TPSA) is 80.7 Å². The molecule has 0 saturated carbocycles. The number of nitrogens with zero attached hydrogens (tertiary/aromatic N) is 4. The molecule has 0 saturated heterocycles. The SMILES string of the molecule is O=C(Nc1ccnnc1)c1nncs1. The van der Waals surface area contributed by atoms with Crippen LogP contribution in [0.25, 0.3) is 0 Å². The van der Waals surface area contributed by atoms with Gasteiger partial charge in [-0.3, -0.25) is 4.79 Å². The molecule has 0 bridgehead atoms. The quantitative estimate of drug-likeness (QED) is 0.779. The predicted molar refractivity (Wildman–Crippen MR) is 49.9 cm³/mol. The molecule has 7 heteroatoms. The summed E-state index contributed by atoms with van der Waals surface area (Å²) < 4.78 is 0. The maximum Gasteiger partial charge on any atom is 0.286 e. The van der Waals surface area contributed by atoms with Crippen LogP contribution in [0.1, 0.15) is 9.80 Å². The predicted octanol–water partition coefficient (Wildman–Crippen LogP) is 0.580. The number of rotatable bonds is 2.